The van der Waals surface area contributed by atoms with Crippen molar-refractivity contribution < 1.29 is 19.0 Å². The van der Waals surface area contributed by atoms with Gasteiger partial charge in [-0.1, -0.05) is 66.7 Å². The number of nitrogens with zero attached hydrogens (tertiary/aromatic N) is 1. The summed E-state index contributed by atoms with van der Waals surface area (Å²) in [5.41, 5.74) is 3.14. The smallest absolute Gasteiger partial charge is 0.303 e. The molecule has 0 radical (unpaired) electrons. The van der Waals surface area contributed by atoms with E-state index in [1.54, 1.807) is 7.11 Å². The molecule has 0 bridgehead atoms. The first kappa shape index (κ1) is 22.4. The number of methoxy groups -OCH3 is 1. The minimum absolute atomic E-state index is 0.318. The van der Waals surface area contributed by atoms with E-state index in [0.717, 1.165) is 17.7 Å². The van der Waals surface area contributed by atoms with Crippen LogP contribution in [-0.4, -0.2) is 31.6 Å². The number of ether oxygens (including phenoxy) is 3. The first-order valence-corrected chi connectivity index (χ1v) is 10.3. The average Bonchev–Trinajstić information content (AvgIpc) is 2.78. The molecule has 0 amide bonds. The fourth-order valence-corrected chi connectivity index (χ4v) is 3.39. The van der Waals surface area contributed by atoms with E-state index in [1.165, 1.54) is 12.5 Å². The number of hydrogen-bond acceptors (Lipinski definition) is 5. The summed E-state index contributed by atoms with van der Waals surface area (Å²) in [6.45, 7) is 3.19. The zero-order valence-electron chi connectivity index (χ0n) is 18.3. The van der Waals surface area contributed by atoms with Crippen molar-refractivity contribution in [1.82, 2.24) is 4.90 Å². The largest absolute Gasteiger partial charge is 0.493 e. The van der Waals surface area contributed by atoms with Crippen LogP contribution in [0.4, 0.5) is 0 Å². The molecular weight excluding hydrogens is 390 g/mol. The molecule has 162 valence electrons. The van der Waals surface area contributed by atoms with Gasteiger partial charge < -0.3 is 14.2 Å². The number of hydrogen-bond donors (Lipinski definition) is 0. The minimum Gasteiger partial charge on any atom is -0.493 e. The Morgan fingerprint density at radius 2 is 1.55 bits per heavy atom. The molecule has 0 heterocycles. The molecule has 5 nitrogen and oxygen atoms in total. The van der Waals surface area contributed by atoms with Gasteiger partial charge in [-0.15, -0.1) is 0 Å². The van der Waals surface area contributed by atoms with E-state index in [4.69, 9.17) is 14.2 Å². The number of rotatable bonds is 10. The summed E-state index contributed by atoms with van der Waals surface area (Å²) in [7, 11) is 3.62. The van der Waals surface area contributed by atoms with Gasteiger partial charge in [-0.3, -0.25) is 9.69 Å². The number of benzene rings is 3. The maximum Gasteiger partial charge on any atom is 0.303 e. The molecule has 3 aromatic rings. The van der Waals surface area contributed by atoms with Crippen LogP contribution in [-0.2, 0) is 22.7 Å². The van der Waals surface area contributed by atoms with Gasteiger partial charge in [0.1, 0.15) is 12.7 Å². The first-order chi connectivity index (χ1) is 15.0. The van der Waals surface area contributed by atoms with E-state index in [1.807, 2.05) is 73.8 Å². The highest BCUT2D eigenvalue weighted by atomic mass is 16.5. The van der Waals surface area contributed by atoms with Crippen LogP contribution >= 0.6 is 0 Å². The van der Waals surface area contributed by atoms with E-state index in [0.29, 0.717) is 24.7 Å². The van der Waals surface area contributed by atoms with Crippen molar-refractivity contribution in [2.75, 3.05) is 20.7 Å². The second-order valence-corrected chi connectivity index (χ2v) is 7.46. The molecule has 0 aromatic heterocycles. The normalized spacial score (nSPS) is 11.7. The van der Waals surface area contributed by atoms with Gasteiger partial charge in [0, 0.05) is 20.0 Å². The predicted octanol–water partition coefficient (Wildman–Crippen LogP) is 5.01. The molecule has 0 aliphatic rings. The Balaban J connectivity index is 1.73. The van der Waals surface area contributed by atoms with Crippen molar-refractivity contribution in [2.24, 2.45) is 0 Å². The van der Waals surface area contributed by atoms with E-state index in [-0.39, 0.29) is 5.97 Å². The highest BCUT2D eigenvalue weighted by Crippen LogP contribution is 2.32. The molecule has 3 aromatic carbocycles. The van der Waals surface area contributed by atoms with Crippen molar-refractivity contribution in [3.05, 3.63) is 95.6 Å². The maximum absolute atomic E-state index is 11.8. The summed E-state index contributed by atoms with van der Waals surface area (Å²) in [6, 6.07) is 25.8. The Labute approximate surface area is 184 Å². The third-order valence-electron chi connectivity index (χ3n) is 4.88. The first-order valence-electron chi connectivity index (χ1n) is 10.3. The quantitative estimate of drug-likeness (QED) is 0.432. The van der Waals surface area contributed by atoms with Crippen molar-refractivity contribution >= 4 is 5.97 Å². The van der Waals surface area contributed by atoms with Crippen molar-refractivity contribution in [3.63, 3.8) is 0 Å². The Kier molecular flexibility index (Phi) is 8.07. The van der Waals surface area contributed by atoms with Gasteiger partial charge in [-0.05, 0) is 35.9 Å². The van der Waals surface area contributed by atoms with Gasteiger partial charge in [0.2, 0.25) is 0 Å². The van der Waals surface area contributed by atoms with Gasteiger partial charge in [0.25, 0.3) is 0 Å². The van der Waals surface area contributed by atoms with Crippen LogP contribution in [0.5, 0.6) is 11.5 Å². The monoisotopic (exact) mass is 419 g/mol. The zero-order valence-corrected chi connectivity index (χ0v) is 18.3. The molecule has 31 heavy (non-hydrogen) atoms. The summed E-state index contributed by atoms with van der Waals surface area (Å²) < 4.78 is 17.1. The minimum atomic E-state index is -0.414. The van der Waals surface area contributed by atoms with E-state index in [2.05, 4.69) is 17.0 Å². The molecule has 1 atom stereocenters. The third kappa shape index (κ3) is 6.86. The standard InChI is InChI=1S/C26H29NO4/c1-20(28)31-26(18-27(2)17-21-10-6-4-7-11-21)23-14-15-24(25(16-23)29-3)30-19-22-12-8-5-9-13-22/h4-16,26H,17-19H2,1-3H3. The fraction of sp³-hybridized carbons (Fsp3) is 0.269. The van der Waals surface area contributed by atoms with Crippen LogP contribution in [0, 0.1) is 0 Å². The molecule has 0 saturated carbocycles. The van der Waals surface area contributed by atoms with Crippen molar-refractivity contribution in [2.45, 2.75) is 26.2 Å². The lowest BCUT2D eigenvalue weighted by Crippen LogP contribution is -2.26. The second-order valence-electron chi connectivity index (χ2n) is 7.46. The summed E-state index contributed by atoms with van der Waals surface area (Å²) in [5.74, 6) is 0.937. The molecule has 3 rings (SSSR count). The highest BCUT2D eigenvalue weighted by molar-refractivity contribution is 5.66. The number of carbonyl (C=O) groups is 1. The zero-order chi connectivity index (χ0) is 22.1. The molecule has 0 aliphatic carbocycles. The second kappa shape index (κ2) is 11.2. The molecule has 0 saturated heterocycles. The topological polar surface area (TPSA) is 48.0 Å². The molecule has 1 unspecified atom stereocenters. The van der Waals surface area contributed by atoms with Crippen LogP contribution in [0.15, 0.2) is 78.9 Å². The number of carbonyl (C=O) groups excluding carboxylic acids is 1. The van der Waals surface area contributed by atoms with Crippen LogP contribution in [0.3, 0.4) is 0 Å². The van der Waals surface area contributed by atoms with Gasteiger partial charge in [-0.2, -0.15) is 0 Å². The van der Waals surface area contributed by atoms with Crippen molar-refractivity contribution in [3.8, 4) is 11.5 Å². The van der Waals surface area contributed by atoms with E-state index >= 15 is 0 Å². The van der Waals surface area contributed by atoms with Crippen LogP contribution in [0.25, 0.3) is 0 Å². The van der Waals surface area contributed by atoms with Crippen molar-refractivity contribution in [1.29, 1.82) is 0 Å². The third-order valence-corrected chi connectivity index (χ3v) is 4.88. The summed E-state index contributed by atoms with van der Waals surface area (Å²) in [5, 5.41) is 0. The van der Waals surface area contributed by atoms with Gasteiger partial charge >= 0.3 is 5.97 Å². The lowest BCUT2D eigenvalue weighted by Gasteiger charge is -2.25. The molecule has 0 spiro atoms. The number of likely N-dealkylation sites (N-methyl/N-ethyl adjacent to an activating group) is 1. The number of esters is 1. The average molecular weight is 420 g/mol. The van der Waals surface area contributed by atoms with Crippen LogP contribution in [0.2, 0.25) is 0 Å². The van der Waals surface area contributed by atoms with E-state index in [9.17, 15) is 4.79 Å². The molecule has 0 fully saturated rings. The van der Waals surface area contributed by atoms with Gasteiger partial charge in [0.05, 0.1) is 7.11 Å². The molecule has 0 N–H and O–H groups in total. The highest BCUT2D eigenvalue weighted by Gasteiger charge is 2.20. The summed E-state index contributed by atoms with van der Waals surface area (Å²) in [6.07, 6.45) is -0.414. The Morgan fingerprint density at radius 1 is 0.903 bits per heavy atom. The molecule has 5 heteroatoms. The lowest BCUT2D eigenvalue weighted by molar-refractivity contribution is -0.147. The Hall–Kier alpha value is -3.31. The SMILES string of the molecule is COc1cc(C(CN(C)Cc2ccccc2)OC(C)=O)ccc1OCc1ccccc1. The molecular formula is C26H29NO4. The van der Waals surface area contributed by atoms with Crippen LogP contribution < -0.4 is 9.47 Å². The van der Waals surface area contributed by atoms with E-state index < -0.39 is 6.10 Å². The lowest BCUT2D eigenvalue weighted by atomic mass is 10.1. The predicted molar refractivity (Wildman–Crippen MR) is 121 cm³/mol. The summed E-state index contributed by atoms with van der Waals surface area (Å²) in [4.78, 5) is 13.9. The Bertz CT molecular complexity index is 960. The Morgan fingerprint density at radius 3 is 2.16 bits per heavy atom. The fourth-order valence-electron chi connectivity index (χ4n) is 3.39. The van der Waals surface area contributed by atoms with Gasteiger partial charge in [0.15, 0.2) is 11.5 Å². The van der Waals surface area contributed by atoms with Gasteiger partial charge in [-0.25, -0.2) is 0 Å². The molecule has 0 aliphatic heterocycles. The maximum atomic E-state index is 11.8. The van der Waals surface area contributed by atoms with Crippen LogP contribution in [0.1, 0.15) is 29.7 Å². The summed E-state index contributed by atoms with van der Waals surface area (Å²) >= 11 is 0.